The predicted octanol–water partition coefficient (Wildman–Crippen LogP) is 5.37. The summed E-state index contributed by atoms with van der Waals surface area (Å²) in [6.07, 6.45) is 8.64. The highest BCUT2D eigenvalue weighted by Gasteiger charge is 2.57. The van der Waals surface area contributed by atoms with Gasteiger partial charge in [0.2, 0.25) is 0 Å². The second-order valence-corrected chi connectivity index (χ2v) is 7.79. The molecule has 2 aliphatic carbocycles. The molecule has 0 bridgehead atoms. The third-order valence-corrected chi connectivity index (χ3v) is 6.55. The van der Waals surface area contributed by atoms with Gasteiger partial charge >= 0.3 is 5.97 Å². The summed E-state index contributed by atoms with van der Waals surface area (Å²) in [5, 5.41) is 9.81. The number of rotatable bonds is 5. The molecule has 1 N–H and O–H groups in total. The molecule has 0 spiro atoms. The summed E-state index contributed by atoms with van der Waals surface area (Å²) in [4.78, 5) is 11.9. The van der Waals surface area contributed by atoms with Crippen LogP contribution in [0.15, 0.2) is 37.0 Å². The van der Waals surface area contributed by atoms with E-state index >= 15 is 0 Å². The topological polar surface area (TPSA) is 37.3 Å². The Balaban J connectivity index is 2.30. The van der Waals surface area contributed by atoms with Crippen LogP contribution in [-0.4, -0.2) is 11.1 Å². The van der Waals surface area contributed by atoms with Gasteiger partial charge in [-0.05, 0) is 62.7 Å². The minimum Gasteiger partial charge on any atom is -0.481 e. The summed E-state index contributed by atoms with van der Waals surface area (Å²) < 4.78 is 0. The van der Waals surface area contributed by atoms with Gasteiger partial charge in [-0.15, -0.1) is 0 Å². The zero-order valence-corrected chi connectivity index (χ0v) is 14.2. The van der Waals surface area contributed by atoms with Gasteiger partial charge in [-0.1, -0.05) is 50.3 Å². The van der Waals surface area contributed by atoms with Gasteiger partial charge in [-0.2, -0.15) is 0 Å². The lowest BCUT2D eigenvalue weighted by atomic mass is 9.46. The fourth-order valence-electron chi connectivity index (χ4n) is 5.17. The molecule has 0 amide bonds. The first-order valence-corrected chi connectivity index (χ1v) is 8.47. The summed E-state index contributed by atoms with van der Waals surface area (Å²) in [5.41, 5.74) is 1.85. The van der Waals surface area contributed by atoms with Crippen LogP contribution in [0.5, 0.6) is 0 Å². The predicted molar refractivity (Wildman–Crippen MR) is 91.6 cm³/mol. The highest BCUT2D eigenvalue weighted by molar-refractivity contribution is 5.75. The fraction of sp³-hybridized carbons (Fsp3) is 0.650. The molecule has 4 atom stereocenters. The lowest BCUT2D eigenvalue weighted by Crippen LogP contribution is -2.53. The lowest BCUT2D eigenvalue weighted by molar-refractivity contribution is -0.164. The maximum absolute atomic E-state index is 11.9. The van der Waals surface area contributed by atoms with Crippen LogP contribution in [0.2, 0.25) is 0 Å². The first-order valence-electron chi connectivity index (χ1n) is 8.47. The van der Waals surface area contributed by atoms with Crippen molar-refractivity contribution >= 4 is 5.97 Å². The fourth-order valence-corrected chi connectivity index (χ4v) is 5.17. The Bertz CT molecular complexity index is 504. The number of hydrogen-bond acceptors (Lipinski definition) is 1. The highest BCUT2D eigenvalue weighted by atomic mass is 16.4. The van der Waals surface area contributed by atoms with E-state index in [1.807, 2.05) is 13.0 Å². The maximum atomic E-state index is 11.9. The molecule has 0 radical (unpaired) electrons. The molecule has 122 valence electrons. The van der Waals surface area contributed by atoms with Crippen LogP contribution < -0.4 is 0 Å². The smallest absolute Gasteiger partial charge is 0.309 e. The van der Waals surface area contributed by atoms with Gasteiger partial charge in [0.05, 0.1) is 5.41 Å². The zero-order chi connectivity index (χ0) is 16.5. The normalized spacial score (nSPS) is 38.2. The molecule has 2 aliphatic rings. The summed E-state index contributed by atoms with van der Waals surface area (Å²) in [7, 11) is 0. The molecule has 2 saturated carbocycles. The van der Waals surface area contributed by atoms with Crippen molar-refractivity contribution in [2.75, 3.05) is 0 Å². The van der Waals surface area contributed by atoms with E-state index < -0.39 is 11.4 Å². The third-order valence-electron chi connectivity index (χ3n) is 6.55. The molecule has 0 saturated heterocycles. The Morgan fingerprint density at radius 1 is 1.41 bits per heavy atom. The Labute approximate surface area is 135 Å². The van der Waals surface area contributed by atoms with Crippen molar-refractivity contribution in [2.45, 2.75) is 58.8 Å². The molecule has 2 fully saturated rings. The first kappa shape index (κ1) is 17.1. The molecule has 0 aromatic carbocycles. The Kier molecular flexibility index (Phi) is 4.70. The number of fused-ring (bicyclic) bond motifs is 1. The number of hydrogen-bond donors (Lipinski definition) is 1. The van der Waals surface area contributed by atoms with Crippen molar-refractivity contribution in [3.63, 3.8) is 0 Å². The van der Waals surface area contributed by atoms with Gasteiger partial charge in [0, 0.05) is 0 Å². The Morgan fingerprint density at radius 2 is 2.09 bits per heavy atom. The van der Waals surface area contributed by atoms with Crippen LogP contribution in [0.25, 0.3) is 0 Å². The van der Waals surface area contributed by atoms with E-state index in [1.54, 1.807) is 0 Å². The number of carbonyl (C=O) groups is 1. The summed E-state index contributed by atoms with van der Waals surface area (Å²) in [6, 6.07) is 0. The molecule has 0 aromatic heterocycles. The van der Waals surface area contributed by atoms with Crippen LogP contribution in [-0.2, 0) is 4.79 Å². The van der Waals surface area contributed by atoms with E-state index in [0.29, 0.717) is 5.92 Å². The van der Waals surface area contributed by atoms with Crippen molar-refractivity contribution < 1.29 is 9.90 Å². The van der Waals surface area contributed by atoms with E-state index in [4.69, 9.17) is 0 Å². The molecule has 0 aliphatic heterocycles. The average molecular weight is 302 g/mol. The maximum Gasteiger partial charge on any atom is 0.309 e. The van der Waals surface area contributed by atoms with Crippen molar-refractivity contribution in [3.05, 3.63) is 37.0 Å². The van der Waals surface area contributed by atoms with Gasteiger partial charge in [0.15, 0.2) is 0 Å². The first-order chi connectivity index (χ1) is 10.3. The Hall–Kier alpha value is -1.31. The van der Waals surface area contributed by atoms with Crippen molar-refractivity contribution in [3.8, 4) is 0 Å². The molecule has 0 heterocycles. The van der Waals surface area contributed by atoms with E-state index in [0.717, 1.165) is 50.5 Å². The second kappa shape index (κ2) is 6.06. The van der Waals surface area contributed by atoms with Gasteiger partial charge < -0.3 is 5.11 Å². The quantitative estimate of drug-likeness (QED) is 0.547. The summed E-state index contributed by atoms with van der Waals surface area (Å²) in [6.45, 7) is 16.4. The van der Waals surface area contributed by atoms with Gasteiger partial charge in [-0.25, -0.2) is 0 Å². The van der Waals surface area contributed by atoms with Gasteiger partial charge in [0.25, 0.3) is 0 Å². The standard InChI is InChI=1S/C20H30O2/c1-6-14(2)8-10-16-15(3)9-11-17-19(16,4)12-7-13-20(17,5)18(21)22/h6,16-17H,1-3,7-13H2,4-5H3,(H,21,22)/t16-,17+,19+,20+/m1/s1. The number of aliphatic carboxylic acids is 1. The van der Waals surface area contributed by atoms with Crippen molar-refractivity contribution in [1.82, 2.24) is 0 Å². The van der Waals surface area contributed by atoms with Gasteiger partial charge in [0.1, 0.15) is 0 Å². The van der Waals surface area contributed by atoms with Gasteiger partial charge in [-0.3, -0.25) is 4.79 Å². The molecule has 22 heavy (non-hydrogen) atoms. The average Bonchev–Trinajstić information content (AvgIpc) is 2.45. The molecule has 2 nitrogen and oxygen atoms in total. The van der Waals surface area contributed by atoms with Crippen LogP contribution >= 0.6 is 0 Å². The van der Waals surface area contributed by atoms with Crippen LogP contribution in [0.1, 0.15) is 58.8 Å². The van der Waals surface area contributed by atoms with Crippen LogP contribution in [0.4, 0.5) is 0 Å². The minimum atomic E-state index is -0.620. The van der Waals surface area contributed by atoms with E-state index in [9.17, 15) is 9.90 Å². The van der Waals surface area contributed by atoms with E-state index in [-0.39, 0.29) is 11.3 Å². The van der Waals surface area contributed by atoms with Crippen molar-refractivity contribution in [2.24, 2.45) is 22.7 Å². The van der Waals surface area contributed by atoms with Crippen LogP contribution in [0, 0.1) is 22.7 Å². The monoisotopic (exact) mass is 302 g/mol. The number of carboxylic acid groups (broad SMARTS) is 1. The van der Waals surface area contributed by atoms with Crippen LogP contribution in [0.3, 0.4) is 0 Å². The summed E-state index contributed by atoms with van der Waals surface area (Å²) >= 11 is 0. The largest absolute Gasteiger partial charge is 0.481 e. The van der Waals surface area contributed by atoms with Crippen molar-refractivity contribution in [1.29, 1.82) is 0 Å². The minimum absolute atomic E-state index is 0.0577. The highest BCUT2D eigenvalue weighted by Crippen LogP contribution is 2.62. The molecular weight excluding hydrogens is 272 g/mol. The lowest BCUT2D eigenvalue weighted by Gasteiger charge is -2.57. The molecule has 0 aromatic rings. The molecule has 0 unspecified atom stereocenters. The zero-order valence-electron chi connectivity index (χ0n) is 14.2. The summed E-state index contributed by atoms with van der Waals surface area (Å²) in [5.74, 6) is 0.0332. The second-order valence-electron chi connectivity index (χ2n) is 7.79. The molecule has 2 rings (SSSR count). The Morgan fingerprint density at radius 3 is 2.68 bits per heavy atom. The van der Waals surface area contributed by atoms with E-state index in [1.165, 1.54) is 5.57 Å². The SMILES string of the molecule is C=CC(=C)CC[C@@H]1C(=C)CC[C@H]2[C@@]1(C)CCC[C@]2(C)C(=O)O. The third kappa shape index (κ3) is 2.68. The van der Waals surface area contributed by atoms with E-state index in [2.05, 4.69) is 26.7 Å². The molecular formula is C20H30O2. The molecule has 2 heteroatoms. The number of allylic oxidation sites excluding steroid dienone is 3. The number of carboxylic acids is 1.